The Kier molecular flexibility index (Phi) is 2.62. The molecule has 4 heteroatoms. The van der Waals surface area contributed by atoms with E-state index in [-0.39, 0.29) is 12.6 Å². The van der Waals surface area contributed by atoms with Crippen molar-refractivity contribution >= 4 is 6.29 Å². The van der Waals surface area contributed by atoms with E-state index in [0.29, 0.717) is 6.29 Å². The first-order valence-corrected chi connectivity index (χ1v) is 3.33. The van der Waals surface area contributed by atoms with Gasteiger partial charge in [0.05, 0.1) is 6.10 Å². The van der Waals surface area contributed by atoms with Crippen LogP contribution in [0, 0.1) is 0 Å². The molecule has 62 valence electrons. The van der Waals surface area contributed by atoms with Crippen molar-refractivity contribution in [2.75, 3.05) is 6.79 Å². The van der Waals surface area contributed by atoms with Crippen molar-refractivity contribution in [2.45, 2.75) is 19.1 Å². The molecule has 0 saturated carbocycles. The normalized spacial score (nSPS) is 26.7. The van der Waals surface area contributed by atoms with Crippen LogP contribution in [0.4, 0.5) is 0 Å². The molecule has 0 spiro atoms. The van der Waals surface area contributed by atoms with Crippen LogP contribution < -0.4 is 0 Å². The quantitative estimate of drug-likeness (QED) is 0.566. The van der Waals surface area contributed by atoms with Gasteiger partial charge in [-0.2, -0.15) is 0 Å². The van der Waals surface area contributed by atoms with Gasteiger partial charge in [-0.1, -0.05) is 0 Å². The molecule has 0 amide bonds. The Bertz CT molecular complexity index is 173. The van der Waals surface area contributed by atoms with E-state index < -0.39 is 12.2 Å². The molecule has 1 heterocycles. The third-order valence-corrected chi connectivity index (χ3v) is 1.41. The van der Waals surface area contributed by atoms with Gasteiger partial charge in [0.2, 0.25) is 0 Å². The molecule has 0 aromatic rings. The minimum absolute atomic E-state index is 0.0279. The minimum Gasteiger partial charge on any atom is -0.464 e. The predicted octanol–water partition coefficient (Wildman–Crippen LogP) is -0.177. The molecule has 0 fully saturated rings. The van der Waals surface area contributed by atoms with E-state index in [0.717, 1.165) is 0 Å². The summed E-state index contributed by atoms with van der Waals surface area (Å²) in [6, 6.07) is 0. The maximum absolute atomic E-state index is 10.2. The zero-order valence-corrected chi connectivity index (χ0v) is 6.19. The lowest BCUT2D eigenvalue weighted by Crippen LogP contribution is -2.29. The van der Waals surface area contributed by atoms with Crippen molar-refractivity contribution in [1.82, 2.24) is 0 Å². The number of hydrogen-bond donors (Lipinski definition) is 1. The first kappa shape index (κ1) is 8.23. The highest BCUT2D eigenvalue weighted by Crippen LogP contribution is 2.10. The smallest absolute Gasteiger partial charge is 0.190 e. The standard InChI is InChI=1S/C7H10O4/c1-5(9)7-2-6(3-8)10-4-11-7/h2-3,5,7,9H,4H2,1H3. The average Bonchev–Trinajstić information content (AvgIpc) is 2.05. The molecule has 0 bridgehead atoms. The van der Waals surface area contributed by atoms with Gasteiger partial charge >= 0.3 is 0 Å². The van der Waals surface area contributed by atoms with E-state index in [1.54, 1.807) is 6.92 Å². The number of hydrogen-bond acceptors (Lipinski definition) is 4. The van der Waals surface area contributed by atoms with Gasteiger partial charge in [0.25, 0.3) is 0 Å². The summed E-state index contributed by atoms with van der Waals surface area (Å²) in [5, 5.41) is 9.05. The van der Waals surface area contributed by atoms with Gasteiger partial charge in [0.15, 0.2) is 18.8 Å². The summed E-state index contributed by atoms with van der Waals surface area (Å²) < 4.78 is 9.73. The largest absolute Gasteiger partial charge is 0.464 e. The summed E-state index contributed by atoms with van der Waals surface area (Å²) in [6.45, 7) is 1.62. The van der Waals surface area contributed by atoms with Crippen LogP contribution in [0.1, 0.15) is 6.92 Å². The first-order valence-electron chi connectivity index (χ1n) is 3.33. The Morgan fingerprint density at radius 1 is 1.91 bits per heavy atom. The third kappa shape index (κ3) is 2.03. The lowest BCUT2D eigenvalue weighted by atomic mass is 10.2. The van der Waals surface area contributed by atoms with E-state index in [1.807, 2.05) is 0 Å². The maximum atomic E-state index is 10.2. The zero-order valence-electron chi connectivity index (χ0n) is 6.19. The molecule has 1 N–H and O–H groups in total. The van der Waals surface area contributed by atoms with Gasteiger partial charge in [0, 0.05) is 0 Å². The lowest BCUT2D eigenvalue weighted by Gasteiger charge is -2.22. The van der Waals surface area contributed by atoms with Crippen molar-refractivity contribution in [3.05, 3.63) is 11.8 Å². The Morgan fingerprint density at radius 3 is 3.18 bits per heavy atom. The molecule has 2 unspecified atom stereocenters. The van der Waals surface area contributed by atoms with Crippen LogP contribution in [0.25, 0.3) is 0 Å². The fourth-order valence-corrected chi connectivity index (χ4v) is 0.791. The molecular formula is C7H10O4. The van der Waals surface area contributed by atoms with Crippen LogP contribution in [0.3, 0.4) is 0 Å². The highest BCUT2D eigenvalue weighted by molar-refractivity contribution is 5.70. The summed E-state index contributed by atoms with van der Waals surface area (Å²) >= 11 is 0. The summed E-state index contributed by atoms with van der Waals surface area (Å²) in [4.78, 5) is 10.2. The molecular weight excluding hydrogens is 148 g/mol. The summed E-state index contributed by atoms with van der Waals surface area (Å²) in [6.07, 6.45) is 1.01. The number of aliphatic hydroxyl groups excluding tert-OH is 1. The van der Waals surface area contributed by atoms with Gasteiger partial charge in [-0.15, -0.1) is 0 Å². The molecule has 1 aliphatic heterocycles. The van der Waals surface area contributed by atoms with Crippen molar-refractivity contribution in [2.24, 2.45) is 0 Å². The predicted molar refractivity (Wildman–Crippen MR) is 36.7 cm³/mol. The number of carbonyl (C=O) groups is 1. The highest BCUT2D eigenvalue weighted by Gasteiger charge is 2.18. The van der Waals surface area contributed by atoms with Gasteiger partial charge in [-0.25, -0.2) is 0 Å². The summed E-state index contributed by atoms with van der Waals surface area (Å²) in [5.41, 5.74) is 0. The SMILES string of the molecule is CC(O)C1C=C(C=O)OCO1. The van der Waals surface area contributed by atoms with Crippen LogP contribution in [-0.4, -0.2) is 30.4 Å². The van der Waals surface area contributed by atoms with Crippen molar-refractivity contribution in [3.8, 4) is 0 Å². The first-order chi connectivity index (χ1) is 5.24. The number of aldehydes is 1. The van der Waals surface area contributed by atoms with Gasteiger partial charge < -0.3 is 14.6 Å². The van der Waals surface area contributed by atoms with Crippen LogP contribution in [0.2, 0.25) is 0 Å². The molecule has 0 aliphatic carbocycles. The second-order valence-electron chi connectivity index (χ2n) is 2.32. The molecule has 1 aliphatic rings. The van der Waals surface area contributed by atoms with Crippen molar-refractivity contribution in [1.29, 1.82) is 0 Å². The molecule has 0 aromatic carbocycles. The minimum atomic E-state index is -0.617. The Balaban J connectivity index is 2.62. The molecule has 0 aromatic heterocycles. The second-order valence-corrected chi connectivity index (χ2v) is 2.32. The van der Waals surface area contributed by atoms with E-state index in [4.69, 9.17) is 14.6 Å². The number of allylic oxidation sites excluding steroid dienone is 1. The number of ether oxygens (including phenoxy) is 2. The van der Waals surface area contributed by atoms with Crippen LogP contribution >= 0.6 is 0 Å². The van der Waals surface area contributed by atoms with Gasteiger partial charge in [0.1, 0.15) is 6.10 Å². The summed E-state index contributed by atoms with van der Waals surface area (Å²) in [5.74, 6) is 0.224. The number of carbonyl (C=O) groups excluding carboxylic acids is 1. The molecule has 11 heavy (non-hydrogen) atoms. The van der Waals surface area contributed by atoms with Crippen LogP contribution in [-0.2, 0) is 14.3 Å². The van der Waals surface area contributed by atoms with E-state index in [1.165, 1.54) is 6.08 Å². The van der Waals surface area contributed by atoms with E-state index >= 15 is 0 Å². The maximum Gasteiger partial charge on any atom is 0.190 e. The number of rotatable bonds is 2. The second kappa shape index (κ2) is 3.50. The summed E-state index contributed by atoms with van der Waals surface area (Å²) in [7, 11) is 0. The average molecular weight is 158 g/mol. The van der Waals surface area contributed by atoms with Crippen LogP contribution in [0.5, 0.6) is 0 Å². The Hall–Kier alpha value is -0.870. The van der Waals surface area contributed by atoms with Gasteiger partial charge in [-0.3, -0.25) is 4.79 Å². The lowest BCUT2D eigenvalue weighted by molar-refractivity contribution is -0.123. The van der Waals surface area contributed by atoms with E-state index in [2.05, 4.69) is 0 Å². The monoisotopic (exact) mass is 158 g/mol. The van der Waals surface area contributed by atoms with Crippen LogP contribution in [0.15, 0.2) is 11.8 Å². The Labute approximate surface area is 64.4 Å². The molecule has 0 saturated heterocycles. The third-order valence-electron chi connectivity index (χ3n) is 1.41. The van der Waals surface area contributed by atoms with E-state index in [9.17, 15) is 4.79 Å². The topological polar surface area (TPSA) is 55.8 Å². The Morgan fingerprint density at radius 2 is 2.64 bits per heavy atom. The van der Waals surface area contributed by atoms with Gasteiger partial charge in [-0.05, 0) is 13.0 Å². The fraction of sp³-hybridized carbons (Fsp3) is 0.571. The molecule has 2 atom stereocenters. The fourth-order valence-electron chi connectivity index (χ4n) is 0.791. The highest BCUT2D eigenvalue weighted by atomic mass is 16.7. The molecule has 1 rings (SSSR count). The molecule has 4 nitrogen and oxygen atoms in total. The van der Waals surface area contributed by atoms with Crippen molar-refractivity contribution < 1.29 is 19.4 Å². The van der Waals surface area contributed by atoms with Crippen molar-refractivity contribution in [3.63, 3.8) is 0 Å². The zero-order chi connectivity index (χ0) is 8.27. The molecule has 0 radical (unpaired) electrons. The number of aliphatic hydroxyl groups is 1.